The number of rotatable bonds is 3. The van der Waals surface area contributed by atoms with E-state index >= 15 is 0 Å². The lowest BCUT2D eigenvalue weighted by Gasteiger charge is -2.06. The summed E-state index contributed by atoms with van der Waals surface area (Å²) in [5, 5.41) is 29.6. The molecule has 0 aliphatic rings. The van der Waals surface area contributed by atoms with Crippen molar-refractivity contribution in [3.63, 3.8) is 0 Å². The monoisotopic (exact) mass is 329 g/mol. The number of ketones is 1. The van der Waals surface area contributed by atoms with Crippen LogP contribution in [0.15, 0.2) is 36.4 Å². The van der Waals surface area contributed by atoms with Crippen LogP contribution in [-0.2, 0) is 0 Å². The molecule has 3 aromatic rings. The van der Waals surface area contributed by atoms with Crippen molar-refractivity contribution in [2.75, 3.05) is 0 Å². The minimum absolute atomic E-state index is 0.137. The molecule has 1 heterocycles. The first-order valence-electron chi connectivity index (χ1n) is 7.84. The summed E-state index contributed by atoms with van der Waals surface area (Å²) in [5.41, 5.74) is 3.17. The minimum Gasteiger partial charge on any atom is -0.428 e. The Morgan fingerprint density at radius 2 is 1.72 bits per heavy atom. The fourth-order valence-corrected chi connectivity index (χ4v) is 2.94. The highest BCUT2D eigenvalue weighted by Crippen LogP contribution is 2.35. The van der Waals surface area contributed by atoms with E-state index in [1.54, 1.807) is 6.92 Å². The van der Waals surface area contributed by atoms with Crippen molar-refractivity contribution in [2.24, 2.45) is 0 Å². The smallest absolute Gasteiger partial charge is 0.165 e. The molecule has 5 nitrogen and oxygen atoms in total. The molecule has 0 spiro atoms. The summed E-state index contributed by atoms with van der Waals surface area (Å²) in [6.07, 6.45) is 0.264. The van der Waals surface area contributed by atoms with Crippen LogP contribution >= 0.6 is 0 Å². The Hall–Kier alpha value is -3.57. The SMILES string of the molecule is CCC(=O)c1c(-c2ccc(C)cc2)n(O)c2cc(C#N)c(C#N)cc12. The van der Waals surface area contributed by atoms with Crippen molar-refractivity contribution < 1.29 is 10.0 Å². The van der Waals surface area contributed by atoms with E-state index in [4.69, 9.17) is 0 Å². The molecule has 0 atom stereocenters. The summed E-state index contributed by atoms with van der Waals surface area (Å²) in [6, 6.07) is 14.3. The molecule has 122 valence electrons. The van der Waals surface area contributed by atoms with Crippen molar-refractivity contribution in [3.8, 4) is 23.4 Å². The van der Waals surface area contributed by atoms with Gasteiger partial charge in [-0.1, -0.05) is 36.8 Å². The van der Waals surface area contributed by atoms with E-state index in [0.29, 0.717) is 27.7 Å². The average molecular weight is 329 g/mol. The number of nitrogens with zero attached hydrogens (tertiary/aromatic N) is 3. The Labute approximate surface area is 144 Å². The van der Waals surface area contributed by atoms with Crippen LogP contribution in [0.2, 0.25) is 0 Å². The van der Waals surface area contributed by atoms with Crippen LogP contribution in [0.4, 0.5) is 0 Å². The number of fused-ring (bicyclic) bond motifs is 1. The van der Waals surface area contributed by atoms with Gasteiger partial charge in [-0.15, -0.1) is 0 Å². The fraction of sp³-hybridized carbons (Fsp3) is 0.150. The van der Waals surface area contributed by atoms with Crippen LogP contribution in [0.1, 0.15) is 40.4 Å². The van der Waals surface area contributed by atoms with Gasteiger partial charge in [-0.2, -0.15) is 15.3 Å². The number of benzene rings is 2. The number of aryl methyl sites for hydroxylation is 1. The Morgan fingerprint density at radius 3 is 2.28 bits per heavy atom. The number of aromatic nitrogens is 1. The van der Waals surface area contributed by atoms with Gasteiger partial charge in [0, 0.05) is 17.4 Å². The molecule has 0 aliphatic carbocycles. The number of hydrogen-bond donors (Lipinski definition) is 1. The molecule has 0 amide bonds. The van der Waals surface area contributed by atoms with E-state index in [1.165, 1.54) is 12.1 Å². The number of Topliss-reactive ketones (excluding diaryl/α,β-unsaturated/α-hetero) is 1. The lowest BCUT2D eigenvalue weighted by atomic mass is 9.98. The van der Waals surface area contributed by atoms with Crippen molar-refractivity contribution in [1.82, 2.24) is 4.73 Å². The van der Waals surface area contributed by atoms with Gasteiger partial charge in [-0.3, -0.25) is 4.79 Å². The molecule has 1 aromatic heterocycles. The van der Waals surface area contributed by atoms with Gasteiger partial charge in [0.1, 0.15) is 12.1 Å². The molecular weight excluding hydrogens is 314 g/mol. The largest absolute Gasteiger partial charge is 0.428 e. The zero-order valence-electron chi connectivity index (χ0n) is 13.9. The van der Waals surface area contributed by atoms with E-state index in [9.17, 15) is 20.5 Å². The molecule has 2 aromatic carbocycles. The molecule has 0 unspecified atom stereocenters. The Bertz CT molecular complexity index is 1080. The first-order valence-corrected chi connectivity index (χ1v) is 7.84. The third kappa shape index (κ3) is 2.52. The summed E-state index contributed by atoms with van der Waals surface area (Å²) in [7, 11) is 0. The molecule has 1 N–H and O–H groups in total. The maximum Gasteiger partial charge on any atom is 0.165 e. The van der Waals surface area contributed by atoms with Gasteiger partial charge in [0.05, 0.1) is 27.9 Å². The minimum atomic E-state index is -0.137. The fourth-order valence-electron chi connectivity index (χ4n) is 2.94. The van der Waals surface area contributed by atoms with Gasteiger partial charge in [0.25, 0.3) is 0 Å². The van der Waals surface area contributed by atoms with Crippen LogP contribution in [0.5, 0.6) is 0 Å². The van der Waals surface area contributed by atoms with Gasteiger partial charge in [0.2, 0.25) is 0 Å². The first kappa shape index (κ1) is 16.3. The maximum absolute atomic E-state index is 12.6. The second kappa shape index (κ2) is 6.14. The Morgan fingerprint density at radius 1 is 1.12 bits per heavy atom. The van der Waals surface area contributed by atoms with E-state index in [1.807, 2.05) is 43.3 Å². The van der Waals surface area contributed by atoms with Crippen molar-refractivity contribution >= 4 is 16.7 Å². The van der Waals surface area contributed by atoms with Crippen molar-refractivity contribution in [3.05, 3.63) is 58.7 Å². The Balaban J connectivity index is 2.46. The van der Waals surface area contributed by atoms with E-state index < -0.39 is 0 Å². The number of hydrogen-bond acceptors (Lipinski definition) is 4. The summed E-state index contributed by atoms with van der Waals surface area (Å²) < 4.78 is 0.935. The van der Waals surface area contributed by atoms with Crippen LogP contribution in [0, 0.1) is 29.6 Å². The van der Waals surface area contributed by atoms with Gasteiger partial charge < -0.3 is 5.21 Å². The van der Waals surface area contributed by atoms with Crippen molar-refractivity contribution in [2.45, 2.75) is 20.3 Å². The normalized spacial score (nSPS) is 10.4. The van der Waals surface area contributed by atoms with Crippen LogP contribution < -0.4 is 0 Å². The van der Waals surface area contributed by atoms with Crippen molar-refractivity contribution in [1.29, 1.82) is 10.5 Å². The highest BCUT2D eigenvalue weighted by molar-refractivity contribution is 6.14. The highest BCUT2D eigenvalue weighted by atomic mass is 16.5. The molecule has 0 fully saturated rings. The van der Waals surface area contributed by atoms with E-state index in [2.05, 4.69) is 0 Å². The lowest BCUT2D eigenvalue weighted by Crippen LogP contribution is -2.01. The number of nitriles is 2. The predicted octanol–water partition coefficient (Wildman–Crippen LogP) is 4.19. The van der Waals surface area contributed by atoms with Crippen LogP contribution in [0.3, 0.4) is 0 Å². The quantitative estimate of drug-likeness (QED) is 0.576. The van der Waals surface area contributed by atoms with Gasteiger partial charge in [-0.05, 0) is 19.1 Å². The average Bonchev–Trinajstić information content (AvgIpc) is 2.92. The van der Waals surface area contributed by atoms with E-state index in [-0.39, 0.29) is 23.3 Å². The maximum atomic E-state index is 12.6. The van der Waals surface area contributed by atoms with Crippen LogP contribution in [-0.4, -0.2) is 15.7 Å². The predicted molar refractivity (Wildman–Crippen MR) is 93.3 cm³/mol. The molecule has 0 radical (unpaired) electrons. The Kier molecular flexibility index (Phi) is 4.00. The zero-order valence-corrected chi connectivity index (χ0v) is 13.9. The second-order valence-corrected chi connectivity index (χ2v) is 5.82. The summed E-state index contributed by atoms with van der Waals surface area (Å²) >= 11 is 0. The molecule has 3 rings (SSSR count). The highest BCUT2D eigenvalue weighted by Gasteiger charge is 2.24. The number of carbonyl (C=O) groups is 1. The van der Waals surface area contributed by atoms with Crippen LogP contribution in [0.25, 0.3) is 22.2 Å². The summed E-state index contributed by atoms with van der Waals surface area (Å²) in [4.78, 5) is 12.6. The molecule has 25 heavy (non-hydrogen) atoms. The molecule has 0 aliphatic heterocycles. The molecule has 0 bridgehead atoms. The summed E-state index contributed by atoms with van der Waals surface area (Å²) in [5.74, 6) is -0.137. The first-order chi connectivity index (χ1) is 12.0. The van der Waals surface area contributed by atoms with Gasteiger partial charge in [-0.25, -0.2) is 0 Å². The lowest BCUT2D eigenvalue weighted by molar-refractivity contribution is 0.0988. The van der Waals surface area contributed by atoms with Gasteiger partial charge in [0.15, 0.2) is 5.78 Å². The van der Waals surface area contributed by atoms with Gasteiger partial charge >= 0.3 is 0 Å². The third-order valence-electron chi connectivity index (χ3n) is 4.25. The second-order valence-electron chi connectivity index (χ2n) is 5.82. The topological polar surface area (TPSA) is 89.8 Å². The molecule has 0 saturated heterocycles. The number of carbonyl (C=O) groups excluding carboxylic acids is 1. The molecule has 5 heteroatoms. The molecule has 0 saturated carbocycles. The van der Waals surface area contributed by atoms with E-state index in [0.717, 1.165) is 10.3 Å². The third-order valence-corrected chi connectivity index (χ3v) is 4.25. The standard InChI is InChI=1S/C20H15N3O2/c1-3-18(24)19-16-8-14(10-21)15(11-22)9-17(16)23(25)20(19)13-6-4-12(2)5-7-13/h4-9,25H,3H2,1-2H3. The zero-order chi connectivity index (χ0) is 18.1. The molecular formula is C20H15N3O2. The summed E-state index contributed by atoms with van der Waals surface area (Å²) in [6.45, 7) is 3.70.